The summed E-state index contributed by atoms with van der Waals surface area (Å²) in [5.41, 5.74) is 13.0. The van der Waals surface area contributed by atoms with Crippen LogP contribution in [0.25, 0.3) is 76.5 Å². The van der Waals surface area contributed by atoms with Gasteiger partial charge in [-0.25, -0.2) is 4.39 Å². The van der Waals surface area contributed by atoms with E-state index < -0.39 is 0 Å². The predicted molar refractivity (Wildman–Crippen MR) is 281 cm³/mol. The number of fused-ring (bicyclic) bond motifs is 1. The van der Waals surface area contributed by atoms with Gasteiger partial charge in [0.1, 0.15) is 5.82 Å². The summed E-state index contributed by atoms with van der Waals surface area (Å²) in [6.07, 6.45) is 0. The van der Waals surface area contributed by atoms with Crippen molar-refractivity contribution in [1.29, 1.82) is 0 Å². The van der Waals surface area contributed by atoms with Gasteiger partial charge >= 0.3 is 0 Å². The molecule has 0 bridgehead atoms. The van der Waals surface area contributed by atoms with Crippen molar-refractivity contribution in [3.63, 3.8) is 0 Å². The summed E-state index contributed by atoms with van der Waals surface area (Å²) in [6, 6.07) is 85.5. The SMILES string of the molecule is Cc1ccccc1B(c1cccc2ccccc12)c1ccc2ccc3c(N(c4ccccc4-c4ccccc4)c4c(F)cc(-c5ccccc5)cc4-c4ccccc4)ccc4ccc1c2c43. The van der Waals surface area contributed by atoms with E-state index in [0.29, 0.717) is 5.69 Å². The minimum atomic E-state index is -0.304. The van der Waals surface area contributed by atoms with Crippen molar-refractivity contribution in [2.24, 2.45) is 0 Å². The van der Waals surface area contributed by atoms with E-state index in [2.05, 4.69) is 194 Å². The first-order valence-electron chi connectivity index (χ1n) is 22.7. The molecule has 0 aliphatic rings. The van der Waals surface area contributed by atoms with Crippen LogP contribution in [0.2, 0.25) is 0 Å². The Morgan fingerprint density at radius 3 is 1.65 bits per heavy atom. The molecule has 0 saturated carbocycles. The Hall–Kier alpha value is -8.27. The largest absolute Gasteiger partial charge is 0.306 e. The first-order valence-corrected chi connectivity index (χ1v) is 22.7. The van der Waals surface area contributed by atoms with Gasteiger partial charge in [-0.1, -0.05) is 240 Å². The zero-order valence-corrected chi connectivity index (χ0v) is 36.5. The van der Waals surface area contributed by atoms with Crippen molar-refractivity contribution in [2.45, 2.75) is 6.92 Å². The second kappa shape index (κ2) is 16.4. The lowest BCUT2D eigenvalue weighted by atomic mass is 9.35. The summed E-state index contributed by atoms with van der Waals surface area (Å²) >= 11 is 0. The van der Waals surface area contributed by atoms with Crippen LogP contribution in [0.1, 0.15) is 5.56 Å². The van der Waals surface area contributed by atoms with Gasteiger partial charge in [0.15, 0.2) is 0 Å². The van der Waals surface area contributed by atoms with Crippen molar-refractivity contribution >= 4 is 83.3 Å². The Bertz CT molecular complexity index is 3730. The molecule has 0 N–H and O–H groups in total. The van der Waals surface area contributed by atoms with Crippen LogP contribution in [0.15, 0.2) is 243 Å². The standard InChI is InChI=1S/C63H43BFN/c1-42-18-11-15-29-55(42)64(56-30-17-26-44-25-12-13-27-50(44)56)57-38-34-47-33-37-53-60(39-35-48-32-36-52(57)61(47)62(48)53)66(59-31-16-14-28-51(59)45-21-7-3-8-22-45)63-54(46-23-9-4-10-24-46)40-49(41-58(63)65)43-19-5-2-6-20-43/h2-41H,1H3. The number of nitrogens with zero attached hydrogens (tertiary/aromatic N) is 1. The molecule has 0 aliphatic heterocycles. The number of hydrogen-bond donors (Lipinski definition) is 0. The highest BCUT2D eigenvalue weighted by atomic mass is 19.1. The summed E-state index contributed by atoms with van der Waals surface area (Å²) in [5, 5.41) is 9.43. The van der Waals surface area contributed by atoms with E-state index in [1.54, 1.807) is 6.07 Å². The summed E-state index contributed by atoms with van der Waals surface area (Å²) in [6.45, 7) is 2.20. The molecule has 0 radical (unpaired) electrons. The minimum Gasteiger partial charge on any atom is -0.306 e. The lowest BCUT2D eigenvalue weighted by molar-refractivity contribution is 0.630. The van der Waals surface area contributed by atoms with E-state index >= 15 is 4.39 Å². The molecule has 12 aromatic rings. The Balaban J connectivity index is 1.16. The maximum atomic E-state index is 18.0. The van der Waals surface area contributed by atoms with E-state index in [0.717, 1.165) is 60.9 Å². The van der Waals surface area contributed by atoms with Crippen molar-refractivity contribution in [2.75, 3.05) is 4.90 Å². The second-order valence-electron chi connectivity index (χ2n) is 17.3. The molecule has 0 amide bonds. The fourth-order valence-electron chi connectivity index (χ4n) is 10.5. The first kappa shape index (κ1) is 39.3. The molecule has 310 valence electrons. The maximum Gasteiger partial charge on any atom is 0.243 e. The maximum absolute atomic E-state index is 18.0. The molecule has 66 heavy (non-hydrogen) atoms. The van der Waals surface area contributed by atoms with E-state index in [1.165, 1.54) is 48.9 Å². The van der Waals surface area contributed by atoms with E-state index in [1.807, 2.05) is 54.6 Å². The molecule has 0 unspecified atom stereocenters. The normalized spacial score (nSPS) is 11.5. The highest BCUT2D eigenvalue weighted by Crippen LogP contribution is 2.50. The third kappa shape index (κ3) is 6.63. The molecule has 12 aromatic carbocycles. The average molecular weight is 844 g/mol. The lowest BCUT2D eigenvalue weighted by Crippen LogP contribution is -2.53. The van der Waals surface area contributed by atoms with Crippen molar-refractivity contribution in [1.82, 2.24) is 0 Å². The monoisotopic (exact) mass is 843 g/mol. The van der Waals surface area contributed by atoms with Crippen LogP contribution in [0.5, 0.6) is 0 Å². The van der Waals surface area contributed by atoms with E-state index in [9.17, 15) is 0 Å². The Labute approximate surface area is 385 Å². The number of benzene rings is 12. The summed E-state index contributed by atoms with van der Waals surface area (Å²) < 4.78 is 18.0. The average Bonchev–Trinajstić information content (AvgIpc) is 3.38. The van der Waals surface area contributed by atoms with Crippen LogP contribution in [-0.4, -0.2) is 6.71 Å². The third-order valence-corrected chi connectivity index (χ3v) is 13.6. The molecule has 0 fully saturated rings. The fraction of sp³-hybridized carbons (Fsp3) is 0.0159. The summed E-state index contributed by atoms with van der Waals surface area (Å²) in [7, 11) is 0. The Morgan fingerprint density at radius 1 is 0.348 bits per heavy atom. The predicted octanol–water partition coefficient (Wildman–Crippen LogP) is 15.2. The molecule has 3 heteroatoms. The molecule has 0 spiro atoms. The smallest absolute Gasteiger partial charge is 0.243 e. The topological polar surface area (TPSA) is 3.24 Å². The zero-order chi connectivity index (χ0) is 44.1. The first-order chi connectivity index (χ1) is 32.6. The molecule has 0 atom stereocenters. The Kier molecular flexibility index (Phi) is 9.76. The van der Waals surface area contributed by atoms with Crippen LogP contribution in [0.3, 0.4) is 0 Å². The number of rotatable bonds is 9. The molecule has 0 saturated heterocycles. The lowest BCUT2D eigenvalue weighted by Gasteiger charge is -2.32. The van der Waals surface area contributed by atoms with Gasteiger partial charge < -0.3 is 4.90 Å². The zero-order valence-electron chi connectivity index (χ0n) is 36.5. The Morgan fingerprint density at radius 2 is 0.894 bits per heavy atom. The van der Waals surface area contributed by atoms with Crippen molar-refractivity contribution < 1.29 is 4.39 Å². The molecule has 12 rings (SSSR count). The summed E-state index contributed by atoms with van der Waals surface area (Å²) in [4.78, 5) is 2.19. The third-order valence-electron chi connectivity index (χ3n) is 13.6. The number of anilines is 3. The molecule has 0 aromatic heterocycles. The number of hydrogen-bond acceptors (Lipinski definition) is 1. The van der Waals surface area contributed by atoms with Crippen LogP contribution >= 0.6 is 0 Å². The molecular weight excluding hydrogens is 801 g/mol. The van der Waals surface area contributed by atoms with Crippen LogP contribution in [-0.2, 0) is 0 Å². The molecule has 0 heterocycles. The van der Waals surface area contributed by atoms with Crippen LogP contribution in [0, 0.1) is 12.7 Å². The van der Waals surface area contributed by atoms with E-state index in [-0.39, 0.29) is 12.5 Å². The minimum absolute atomic E-state index is 0.0266. The van der Waals surface area contributed by atoms with E-state index in [4.69, 9.17) is 0 Å². The quantitative estimate of drug-likeness (QED) is 0.103. The molecular formula is C63H43BFN. The fourth-order valence-corrected chi connectivity index (χ4v) is 10.5. The number of halogens is 1. The number of para-hydroxylation sites is 1. The molecule has 1 nitrogen and oxygen atoms in total. The number of aryl methyl sites for hydroxylation is 1. The van der Waals surface area contributed by atoms with Gasteiger partial charge in [-0.05, 0) is 91.1 Å². The van der Waals surface area contributed by atoms with Gasteiger partial charge in [-0.2, -0.15) is 0 Å². The molecule has 0 aliphatic carbocycles. The van der Waals surface area contributed by atoms with Crippen LogP contribution in [0.4, 0.5) is 21.5 Å². The van der Waals surface area contributed by atoms with Gasteiger partial charge in [0.2, 0.25) is 6.71 Å². The van der Waals surface area contributed by atoms with Gasteiger partial charge in [-0.15, -0.1) is 0 Å². The van der Waals surface area contributed by atoms with Gasteiger partial charge in [0.25, 0.3) is 0 Å². The highest BCUT2D eigenvalue weighted by Gasteiger charge is 2.30. The highest BCUT2D eigenvalue weighted by molar-refractivity contribution is 6.98. The van der Waals surface area contributed by atoms with Crippen molar-refractivity contribution in [3.05, 3.63) is 254 Å². The van der Waals surface area contributed by atoms with Crippen molar-refractivity contribution in [3.8, 4) is 33.4 Å². The van der Waals surface area contributed by atoms with Crippen LogP contribution < -0.4 is 21.3 Å². The summed E-state index contributed by atoms with van der Waals surface area (Å²) in [5.74, 6) is -0.304. The van der Waals surface area contributed by atoms with Gasteiger partial charge in [-0.3, -0.25) is 0 Å². The van der Waals surface area contributed by atoms with Gasteiger partial charge in [0.05, 0.1) is 17.1 Å². The van der Waals surface area contributed by atoms with Gasteiger partial charge in [0, 0.05) is 16.5 Å². The second-order valence-corrected chi connectivity index (χ2v) is 17.3.